The molecular weight excluding hydrogens is 320 g/mol. The van der Waals surface area contributed by atoms with Gasteiger partial charge in [0, 0.05) is 32.1 Å². The van der Waals surface area contributed by atoms with Crippen LogP contribution in [0.3, 0.4) is 0 Å². The molecule has 0 bridgehead atoms. The first-order valence-corrected chi connectivity index (χ1v) is 10.4. The number of aromatic nitrogens is 3. The van der Waals surface area contributed by atoms with Gasteiger partial charge < -0.3 is 15.2 Å². The second-order valence-electron chi connectivity index (χ2n) is 6.47. The first kappa shape index (κ1) is 19.1. The molecule has 1 aromatic heterocycles. The van der Waals surface area contributed by atoms with E-state index in [-0.39, 0.29) is 0 Å². The SMILES string of the molecule is CCC(C)NC(=NC)NCCCc1nnc(SC)n1C1CCCC1. The summed E-state index contributed by atoms with van der Waals surface area (Å²) < 4.78 is 2.39. The third kappa shape index (κ3) is 5.13. The molecule has 136 valence electrons. The second-order valence-corrected chi connectivity index (χ2v) is 7.24. The number of nitrogens with zero attached hydrogens (tertiary/aromatic N) is 4. The van der Waals surface area contributed by atoms with Crippen LogP contribution in [-0.4, -0.2) is 46.6 Å². The number of guanidine groups is 1. The van der Waals surface area contributed by atoms with Gasteiger partial charge in [-0.2, -0.15) is 0 Å². The average Bonchev–Trinajstić information content (AvgIpc) is 3.25. The molecule has 6 nitrogen and oxygen atoms in total. The molecule has 1 aliphatic carbocycles. The lowest BCUT2D eigenvalue weighted by Gasteiger charge is -2.17. The zero-order valence-electron chi connectivity index (χ0n) is 15.5. The molecule has 1 saturated carbocycles. The summed E-state index contributed by atoms with van der Waals surface area (Å²) in [4.78, 5) is 4.28. The molecule has 1 heterocycles. The van der Waals surface area contributed by atoms with Crippen molar-refractivity contribution >= 4 is 17.7 Å². The van der Waals surface area contributed by atoms with Crippen molar-refractivity contribution in [3.05, 3.63) is 5.82 Å². The van der Waals surface area contributed by atoms with E-state index in [1.165, 1.54) is 25.7 Å². The Morgan fingerprint density at radius 1 is 1.38 bits per heavy atom. The summed E-state index contributed by atoms with van der Waals surface area (Å²) in [6.45, 7) is 5.23. The molecule has 0 saturated heterocycles. The Morgan fingerprint density at radius 3 is 2.75 bits per heavy atom. The van der Waals surface area contributed by atoms with Crippen molar-refractivity contribution in [2.24, 2.45) is 4.99 Å². The van der Waals surface area contributed by atoms with Gasteiger partial charge in [0.05, 0.1) is 0 Å². The maximum atomic E-state index is 4.45. The molecule has 1 aliphatic rings. The summed E-state index contributed by atoms with van der Waals surface area (Å²) in [7, 11) is 1.82. The van der Waals surface area contributed by atoms with Crippen molar-refractivity contribution < 1.29 is 0 Å². The number of aliphatic imine (C=N–C) groups is 1. The molecular formula is C17H32N6S. The average molecular weight is 353 g/mol. The number of hydrogen-bond donors (Lipinski definition) is 2. The third-order valence-electron chi connectivity index (χ3n) is 4.70. The van der Waals surface area contributed by atoms with Gasteiger partial charge in [-0.05, 0) is 38.9 Å². The molecule has 2 N–H and O–H groups in total. The van der Waals surface area contributed by atoms with E-state index >= 15 is 0 Å². The van der Waals surface area contributed by atoms with Crippen LogP contribution in [0.25, 0.3) is 0 Å². The number of thioether (sulfide) groups is 1. The first-order valence-electron chi connectivity index (χ1n) is 9.14. The molecule has 0 amide bonds. The fourth-order valence-electron chi connectivity index (χ4n) is 3.13. The van der Waals surface area contributed by atoms with Crippen LogP contribution in [0.5, 0.6) is 0 Å². The first-order chi connectivity index (χ1) is 11.7. The van der Waals surface area contributed by atoms with Crippen LogP contribution in [0.4, 0.5) is 0 Å². The lowest BCUT2D eigenvalue weighted by atomic mass is 10.2. The molecule has 1 atom stereocenters. The van der Waals surface area contributed by atoms with Crippen molar-refractivity contribution in [2.45, 2.75) is 76.0 Å². The minimum atomic E-state index is 0.436. The summed E-state index contributed by atoms with van der Waals surface area (Å²) in [5.74, 6) is 2.02. The fourth-order valence-corrected chi connectivity index (χ4v) is 3.70. The Bertz CT molecular complexity index is 521. The van der Waals surface area contributed by atoms with Crippen molar-refractivity contribution in [2.75, 3.05) is 19.8 Å². The predicted molar refractivity (Wildman–Crippen MR) is 102 cm³/mol. The van der Waals surface area contributed by atoms with Crippen LogP contribution in [0.15, 0.2) is 10.1 Å². The van der Waals surface area contributed by atoms with Crippen LogP contribution in [-0.2, 0) is 6.42 Å². The summed E-state index contributed by atoms with van der Waals surface area (Å²) in [5.41, 5.74) is 0. The fraction of sp³-hybridized carbons (Fsp3) is 0.824. The standard InChI is InChI=1S/C17H32N6S/c1-5-13(2)20-16(18-3)19-12-8-11-15-21-22-17(24-4)23(15)14-9-6-7-10-14/h13-14H,5-12H2,1-4H3,(H2,18,19,20). The van der Waals surface area contributed by atoms with E-state index in [0.29, 0.717) is 12.1 Å². The van der Waals surface area contributed by atoms with Crippen LogP contribution in [0.2, 0.25) is 0 Å². The molecule has 1 fully saturated rings. The quantitative estimate of drug-likeness (QED) is 0.326. The molecule has 0 spiro atoms. The van der Waals surface area contributed by atoms with E-state index in [9.17, 15) is 0 Å². The Labute approximate surface area is 150 Å². The van der Waals surface area contributed by atoms with E-state index in [0.717, 1.165) is 42.7 Å². The van der Waals surface area contributed by atoms with Gasteiger partial charge in [-0.1, -0.05) is 31.5 Å². The maximum absolute atomic E-state index is 4.45. The predicted octanol–water partition coefficient (Wildman–Crippen LogP) is 3.01. The van der Waals surface area contributed by atoms with Crippen molar-refractivity contribution in [3.63, 3.8) is 0 Å². The van der Waals surface area contributed by atoms with Gasteiger partial charge in [0.15, 0.2) is 11.1 Å². The zero-order valence-corrected chi connectivity index (χ0v) is 16.3. The topological polar surface area (TPSA) is 67.1 Å². The van der Waals surface area contributed by atoms with Crippen LogP contribution < -0.4 is 10.6 Å². The zero-order chi connectivity index (χ0) is 17.4. The highest BCUT2D eigenvalue weighted by atomic mass is 32.2. The van der Waals surface area contributed by atoms with E-state index in [1.807, 2.05) is 7.05 Å². The molecule has 1 aromatic rings. The lowest BCUT2D eigenvalue weighted by molar-refractivity contribution is 0.460. The highest BCUT2D eigenvalue weighted by Gasteiger charge is 2.23. The van der Waals surface area contributed by atoms with Crippen molar-refractivity contribution in [3.8, 4) is 0 Å². The van der Waals surface area contributed by atoms with Gasteiger partial charge in [0.1, 0.15) is 5.82 Å². The number of aryl methyl sites for hydroxylation is 1. The second kappa shape index (κ2) is 9.91. The number of hydrogen-bond acceptors (Lipinski definition) is 4. The third-order valence-corrected chi connectivity index (χ3v) is 5.34. The molecule has 0 aromatic carbocycles. The van der Waals surface area contributed by atoms with Gasteiger partial charge in [-0.15, -0.1) is 10.2 Å². The summed E-state index contributed by atoms with van der Waals surface area (Å²) in [6, 6.07) is 1.04. The van der Waals surface area contributed by atoms with E-state index in [2.05, 4.69) is 50.5 Å². The number of rotatable bonds is 8. The monoisotopic (exact) mass is 352 g/mol. The molecule has 7 heteroatoms. The van der Waals surface area contributed by atoms with Gasteiger partial charge in [0.2, 0.25) is 0 Å². The minimum absolute atomic E-state index is 0.436. The maximum Gasteiger partial charge on any atom is 0.191 e. The minimum Gasteiger partial charge on any atom is -0.356 e. The summed E-state index contributed by atoms with van der Waals surface area (Å²) in [6.07, 6.45) is 10.3. The van der Waals surface area contributed by atoms with Gasteiger partial charge >= 0.3 is 0 Å². The molecule has 24 heavy (non-hydrogen) atoms. The van der Waals surface area contributed by atoms with Gasteiger partial charge in [0.25, 0.3) is 0 Å². The highest BCUT2D eigenvalue weighted by Crippen LogP contribution is 2.33. The molecule has 1 unspecified atom stereocenters. The lowest BCUT2D eigenvalue weighted by Crippen LogP contribution is -2.42. The smallest absolute Gasteiger partial charge is 0.191 e. The van der Waals surface area contributed by atoms with Gasteiger partial charge in [-0.3, -0.25) is 4.99 Å². The Morgan fingerprint density at radius 2 is 2.12 bits per heavy atom. The normalized spacial score (nSPS) is 17.2. The summed E-state index contributed by atoms with van der Waals surface area (Å²) in [5, 5.41) is 16.7. The van der Waals surface area contributed by atoms with Gasteiger partial charge in [-0.25, -0.2) is 0 Å². The van der Waals surface area contributed by atoms with Crippen molar-refractivity contribution in [1.82, 2.24) is 25.4 Å². The highest BCUT2D eigenvalue weighted by molar-refractivity contribution is 7.98. The van der Waals surface area contributed by atoms with E-state index < -0.39 is 0 Å². The summed E-state index contributed by atoms with van der Waals surface area (Å²) >= 11 is 1.70. The largest absolute Gasteiger partial charge is 0.356 e. The number of nitrogens with one attached hydrogen (secondary N) is 2. The Kier molecular flexibility index (Phi) is 7.88. The van der Waals surface area contributed by atoms with Crippen LogP contribution in [0, 0.1) is 0 Å². The van der Waals surface area contributed by atoms with Crippen molar-refractivity contribution in [1.29, 1.82) is 0 Å². The molecule has 0 aliphatic heterocycles. The van der Waals surface area contributed by atoms with E-state index in [1.54, 1.807) is 11.8 Å². The Balaban J connectivity index is 1.85. The Hall–Kier alpha value is -1.24. The van der Waals surface area contributed by atoms with E-state index in [4.69, 9.17) is 0 Å². The van der Waals surface area contributed by atoms with Crippen LogP contribution >= 0.6 is 11.8 Å². The molecule has 0 radical (unpaired) electrons. The van der Waals surface area contributed by atoms with Crippen LogP contribution in [0.1, 0.15) is 64.2 Å². The molecule has 2 rings (SSSR count).